The molecule has 11 heteroatoms. The van der Waals surface area contributed by atoms with Crippen LogP contribution in [0.1, 0.15) is 22.2 Å². The summed E-state index contributed by atoms with van der Waals surface area (Å²) in [6.07, 6.45) is 0. The van der Waals surface area contributed by atoms with Crippen molar-refractivity contribution in [3.63, 3.8) is 0 Å². The summed E-state index contributed by atoms with van der Waals surface area (Å²) in [6.45, 7) is 4.35. The Hall–Kier alpha value is -3.86. The van der Waals surface area contributed by atoms with E-state index < -0.39 is 27.1 Å². The molecule has 10 nitrogen and oxygen atoms in total. The van der Waals surface area contributed by atoms with Gasteiger partial charge in [-0.15, -0.1) is 11.3 Å². The SMILES string of the molecule is CCOc1ccc(-c2c(C)sc(=NC(=O)c3cc([N+](=O)[O-])cc([N+](=O)[O-])c3)n2C)cc1. The first-order valence-corrected chi connectivity index (χ1v) is 9.95. The molecule has 0 fully saturated rings. The van der Waals surface area contributed by atoms with E-state index in [0.717, 1.165) is 40.1 Å². The molecule has 3 aromatic rings. The van der Waals surface area contributed by atoms with E-state index in [1.807, 2.05) is 38.1 Å². The lowest BCUT2D eigenvalue weighted by molar-refractivity contribution is -0.394. The number of amides is 1. The van der Waals surface area contributed by atoms with Crippen LogP contribution in [-0.2, 0) is 7.05 Å². The molecule has 3 rings (SSSR count). The van der Waals surface area contributed by atoms with Crippen LogP contribution in [0.5, 0.6) is 5.75 Å². The number of aromatic nitrogens is 1. The van der Waals surface area contributed by atoms with Crippen molar-refractivity contribution >= 4 is 28.6 Å². The van der Waals surface area contributed by atoms with Gasteiger partial charge in [-0.1, -0.05) is 0 Å². The molecule has 0 bridgehead atoms. The predicted octanol–water partition coefficient (Wildman–Crippen LogP) is 4.02. The van der Waals surface area contributed by atoms with Crippen molar-refractivity contribution in [1.29, 1.82) is 0 Å². The van der Waals surface area contributed by atoms with E-state index in [1.165, 1.54) is 11.3 Å². The Bertz CT molecular complexity index is 1210. The van der Waals surface area contributed by atoms with Gasteiger partial charge in [-0.25, -0.2) is 0 Å². The monoisotopic (exact) mass is 442 g/mol. The molecule has 1 heterocycles. The Balaban J connectivity index is 2.03. The number of hydrogen-bond donors (Lipinski definition) is 0. The highest BCUT2D eigenvalue weighted by atomic mass is 32.1. The average Bonchev–Trinajstić information content (AvgIpc) is 3.01. The summed E-state index contributed by atoms with van der Waals surface area (Å²) >= 11 is 1.27. The first-order chi connectivity index (χ1) is 14.7. The Labute approximate surface area is 180 Å². The Morgan fingerprint density at radius 3 is 2.19 bits per heavy atom. The fraction of sp³-hybridized carbons (Fsp3) is 0.200. The molecule has 1 aromatic heterocycles. The quantitative estimate of drug-likeness (QED) is 0.419. The van der Waals surface area contributed by atoms with E-state index >= 15 is 0 Å². The summed E-state index contributed by atoms with van der Waals surface area (Å²) < 4.78 is 7.19. The van der Waals surface area contributed by atoms with Crippen LogP contribution < -0.4 is 9.54 Å². The fourth-order valence-electron chi connectivity index (χ4n) is 3.04. The molecule has 0 saturated heterocycles. The molecule has 0 atom stereocenters. The van der Waals surface area contributed by atoms with Gasteiger partial charge in [0.15, 0.2) is 4.80 Å². The van der Waals surface area contributed by atoms with E-state index in [9.17, 15) is 25.0 Å². The molecule has 2 aromatic carbocycles. The first-order valence-electron chi connectivity index (χ1n) is 9.13. The van der Waals surface area contributed by atoms with Gasteiger partial charge in [-0.2, -0.15) is 4.99 Å². The smallest absolute Gasteiger partial charge is 0.280 e. The van der Waals surface area contributed by atoms with Gasteiger partial charge in [-0.05, 0) is 43.7 Å². The third-order valence-electron chi connectivity index (χ3n) is 4.41. The van der Waals surface area contributed by atoms with Crippen molar-refractivity contribution < 1.29 is 19.4 Å². The molecule has 0 radical (unpaired) electrons. The number of ether oxygens (including phenoxy) is 1. The van der Waals surface area contributed by atoms with Gasteiger partial charge in [0.1, 0.15) is 5.75 Å². The minimum atomic E-state index is -0.804. The highest BCUT2D eigenvalue weighted by molar-refractivity contribution is 7.09. The van der Waals surface area contributed by atoms with Crippen LogP contribution in [0, 0.1) is 27.2 Å². The Morgan fingerprint density at radius 1 is 1.10 bits per heavy atom. The molecule has 1 amide bonds. The number of rotatable bonds is 6. The lowest BCUT2D eigenvalue weighted by Crippen LogP contribution is -2.14. The topological polar surface area (TPSA) is 130 Å². The number of carbonyl (C=O) groups is 1. The number of nitro groups is 2. The van der Waals surface area contributed by atoms with E-state index in [0.29, 0.717) is 11.4 Å². The molecular weight excluding hydrogens is 424 g/mol. The van der Waals surface area contributed by atoms with Crippen LogP contribution in [0.4, 0.5) is 11.4 Å². The standard InChI is InChI=1S/C20H18N4O6S/c1-4-30-17-7-5-13(6-8-17)18-12(2)31-20(22(18)3)21-19(25)14-9-15(23(26)27)11-16(10-14)24(28)29/h5-11H,4H2,1-3H3. The van der Waals surface area contributed by atoms with Gasteiger partial charge in [0.2, 0.25) is 0 Å². The number of benzene rings is 2. The van der Waals surface area contributed by atoms with E-state index in [1.54, 1.807) is 11.6 Å². The second-order valence-electron chi connectivity index (χ2n) is 6.48. The van der Waals surface area contributed by atoms with Crippen molar-refractivity contribution in [3.8, 4) is 17.0 Å². The summed E-state index contributed by atoms with van der Waals surface area (Å²) in [5.41, 5.74) is 0.433. The predicted molar refractivity (Wildman–Crippen MR) is 114 cm³/mol. The molecule has 0 unspecified atom stereocenters. The van der Waals surface area contributed by atoms with Crippen molar-refractivity contribution in [2.45, 2.75) is 13.8 Å². The number of nitrogens with zero attached hydrogens (tertiary/aromatic N) is 4. The van der Waals surface area contributed by atoms with Crippen molar-refractivity contribution in [2.24, 2.45) is 12.0 Å². The maximum atomic E-state index is 12.7. The van der Waals surface area contributed by atoms with Gasteiger partial charge < -0.3 is 9.30 Å². The van der Waals surface area contributed by atoms with Crippen LogP contribution in [-0.4, -0.2) is 26.9 Å². The summed E-state index contributed by atoms with van der Waals surface area (Å²) in [4.78, 5) is 38.5. The minimum absolute atomic E-state index is 0.227. The van der Waals surface area contributed by atoms with Gasteiger partial charge >= 0.3 is 0 Å². The van der Waals surface area contributed by atoms with Crippen molar-refractivity contribution in [1.82, 2.24) is 4.57 Å². The number of hydrogen-bond acceptors (Lipinski definition) is 7. The van der Waals surface area contributed by atoms with Crippen LogP contribution in [0.3, 0.4) is 0 Å². The van der Waals surface area contributed by atoms with Crippen molar-refractivity contribution in [3.05, 3.63) is 77.9 Å². The molecule has 0 aliphatic rings. The number of nitro benzene ring substituents is 2. The zero-order valence-electron chi connectivity index (χ0n) is 16.9. The molecule has 160 valence electrons. The Kier molecular flexibility index (Phi) is 6.25. The number of thiazole rings is 1. The third-order valence-corrected chi connectivity index (χ3v) is 5.45. The normalized spacial score (nSPS) is 11.4. The average molecular weight is 442 g/mol. The van der Waals surface area contributed by atoms with E-state index in [4.69, 9.17) is 4.74 Å². The zero-order valence-corrected chi connectivity index (χ0v) is 17.7. The summed E-state index contributed by atoms with van der Waals surface area (Å²) in [5.74, 6) is -0.0592. The number of aryl methyl sites for hydroxylation is 1. The van der Waals surface area contributed by atoms with Crippen LogP contribution >= 0.6 is 11.3 Å². The van der Waals surface area contributed by atoms with Crippen LogP contribution in [0.15, 0.2) is 47.5 Å². The van der Waals surface area contributed by atoms with Gasteiger partial charge in [-0.3, -0.25) is 25.0 Å². The minimum Gasteiger partial charge on any atom is -0.494 e. The lowest BCUT2D eigenvalue weighted by Gasteiger charge is -2.07. The van der Waals surface area contributed by atoms with E-state index in [-0.39, 0.29) is 5.56 Å². The first kappa shape index (κ1) is 21.8. The molecule has 31 heavy (non-hydrogen) atoms. The second-order valence-corrected chi connectivity index (χ2v) is 7.66. The van der Waals surface area contributed by atoms with Gasteiger partial charge in [0.25, 0.3) is 17.3 Å². The maximum absolute atomic E-state index is 12.7. The largest absolute Gasteiger partial charge is 0.494 e. The summed E-state index contributed by atoms with van der Waals surface area (Å²) in [6, 6.07) is 10.3. The number of carbonyl (C=O) groups excluding carboxylic acids is 1. The van der Waals surface area contributed by atoms with Crippen molar-refractivity contribution in [2.75, 3.05) is 6.61 Å². The van der Waals surface area contributed by atoms with Crippen LogP contribution in [0.25, 0.3) is 11.3 Å². The third kappa shape index (κ3) is 4.67. The maximum Gasteiger partial charge on any atom is 0.280 e. The molecule has 0 saturated carbocycles. The van der Waals surface area contributed by atoms with Gasteiger partial charge in [0, 0.05) is 24.1 Å². The zero-order chi connectivity index (χ0) is 22.7. The van der Waals surface area contributed by atoms with Gasteiger partial charge in [0.05, 0.1) is 33.8 Å². The summed E-state index contributed by atoms with van der Waals surface area (Å²) in [7, 11) is 1.75. The van der Waals surface area contributed by atoms with Crippen LogP contribution in [0.2, 0.25) is 0 Å². The molecule has 0 N–H and O–H groups in total. The number of non-ortho nitro benzene ring substituents is 2. The van der Waals surface area contributed by atoms with E-state index in [2.05, 4.69) is 4.99 Å². The Morgan fingerprint density at radius 2 is 1.68 bits per heavy atom. The summed E-state index contributed by atoms with van der Waals surface area (Å²) in [5, 5.41) is 22.1. The molecular formula is C20H18N4O6S. The lowest BCUT2D eigenvalue weighted by atomic mass is 10.1. The molecule has 0 aliphatic carbocycles. The molecule has 0 spiro atoms. The second kappa shape index (κ2) is 8.88. The highest BCUT2D eigenvalue weighted by Gasteiger charge is 2.20. The fourth-order valence-corrected chi connectivity index (χ4v) is 4.02. The highest BCUT2D eigenvalue weighted by Crippen LogP contribution is 2.27. The molecule has 0 aliphatic heterocycles.